The van der Waals surface area contributed by atoms with Crippen LogP contribution in [0.4, 0.5) is 15.8 Å². The molecule has 1 aliphatic rings. The normalized spacial score (nSPS) is 12.9. The second kappa shape index (κ2) is 10.00. The number of nitrogens with one attached hydrogen (secondary N) is 2. The minimum absolute atomic E-state index is 0.254. The molecule has 186 valence electrons. The lowest BCUT2D eigenvalue weighted by molar-refractivity contribution is 0.618. The number of thiocarbonyl (C=S) groups is 1. The molecule has 37 heavy (non-hydrogen) atoms. The van der Waals surface area contributed by atoms with Crippen molar-refractivity contribution >= 4 is 45.8 Å². The summed E-state index contributed by atoms with van der Waals surface area (Å²) in [6.07, 6.45) is 3.07. The Hall–Kier alpha value is -3.68. The van der Waals surface area contributed by atoms with Crippen molar-refractivity contribution in [3.8, 4) is 11.1 Å². The zero-order valence-electron chi connectivity index (χ0n) is 20.0. The Bertz CT molecular complexity index is 1570. The van der Waals surface area contributed by atoms with Crippen molar-refractivity contribution in [3.63, 3.8) is 0 Å². The highest BCUT2D eigenvalue weighted by molar-refractivity contribution is 7.81. The summed E-state index contributed by atoms with van der Waals surface area (Å²) in [5, 5.41) is 12.6. The van der Waals surface area contributed by atoms with Crippen LogP contribution in [0.2, 0.25) is 5.02 Å². The van der Waals surface area contributed by atoms with Crippen molar-refractivity contribution in [1.82, 2.24) is 14.2 Å². The van der Waals surface area contributed by atoms with Crippen molar-refractivity contribution in [2.75, 3.05) is 10.6 Å². The summed E-state index contributed by atoms with van der Waals surface area (Å²) in [5.74, 6) is 0.657. The van der Waals surface area contributed by atoms with Gasteiger partial charge in [0.1, 0.15) is 22.1 Å². The van der Waals surface area contributed by atoms with Gasteiger partial charge in [-0.05, 0) is 73.4 Å². The fourth-order valence-electron chi connectivity index (χ4n) is 5.03. The molecule has 0 fully saturated rings. The first kappa shape index (κ1) is 23.7. The smallest absolute Gasteiger partial charge is 0.150 e. The van der Waals surface area contributed by atoms with E-state index in [0.29, 0.717) is 16.6 Å². The molecule has 0 spiro atoms. The average Bonchev–Trinajstić information content (AvgIpc) is 3.31. The number of hydrogen-bond donors (Lipinski definition) is 2. The fraction of sp³-hybridized carbons (Fsp3) is 0.172. The van der Waals surface area contributed by atoms with Crippen LogP contribution in [-0.4, -0.2) is 19.2 Å². The van der Waals surface area contributed by atoms with E-state index in [9.17, 15) is 4.39 Å². The van der Waals surface area contributed by atoms with Gasteiger partial charge < -0.3 is 15.2 Å². The largest absolute Gasteiger partial charge is 0.378 e. The molecule has 0 bridgehead atoms. The van der Waals surface area contributed by atoms with Crippen molar-refractivity contribution in [2.45, 2.75) is 32.4 Å². The van der Waals surface area contributed by atoms with E-state index >= 15 is 0 Å². The van der Waals surface area contributed by atoms with Crippen LogP contribution in [0, 0.1) is 5.82 Å². The number of rotatable bonds is 6. The first-order chi connectivity index (χ1) is 18.1. The molecule has 3 heterocycles. The van der Waals surface area contributed by atoms with Gasteiger partial charge >= 0.3 is 0 Å². The van der Waals surface area contributed by atoms with E-state index < -0.39 is 0 Å². The molecule has 0 atom stereocenters. The molecule has 0 saturated heterocycles. The Morgan fingerprint density at radius 1 is 0.946 bits per heavy atom. The number of aryl methyl sites for hydroxylation is 2. The molecule has 8 heteroatoms. The highest BCUT2D eigenvalue weighted by Crippen LogP contribution is 2.37. The van der Waals surface area contributed by atoms with E-state index in [1.807, 2.05) is 47.0 Å². The van der Waals surface area contributed by atoms with Crippen LogP contribution in [0.25, 0.3) is 16.8 Å². The number of aromatic nitrogens is 3. The molecule has 3 aromatic carbocycles. The summed E-state index contributed by atoms with van der Waals surface area (Å²) in [6.45, 7) is 1.39. The Balaban J connectivity index is 1.49. The van der Waals surface area contributed by atoms with E-state index in [2.05, 4.69) is 27.3 Å². The first-order valence-corrected chi connectivity index (χ1v) is 13.1. The highest BCUT2D eigenvalue weighted by Gasteiger charge is 2.29. The Morgan fingerprint density at radius 2 is 1.70 bits per heavy atom. The molecule has 2 aromatic heterocycles. The zero-order chi connectivity index (χ0) is 25.4. The Kier molecular flexibility index (Phi) is 6.40. The van der Waals surface area contributed by atoms with E-state index in [1.54, 1.807) is 12.1 Å². The quantitative estimate of drug-likeness (QED) is 0.226. The van der Waals surface area contributed by atoms with Crippen LogP contribution >= 0.6 is 23.8 Å². The maximum absolute atomic E-state index is 13.4. The molecular weight excluding hydrogens is 505 g/mol. The third-order valence-electron chi connectivity index (χ3n) is 6.74. The van der Waals surface area contributed by atoms with Crippen molar-refractivity contribution in [3.05, 3.63) is 107 Å². The number of nitrogens with zero attached hydrogens (tertiary/aromatic N) is 3. The van der Waals surface area contributed by atoms with Gasteiger partial charge in [-0.2, -0.15) is 5.10 Å². The van der Waals surface area contributed by atoms with Crippen molar-refractivity contribution < 1.29 is 4.39 Å². The minimum atomic E-state index is -0.254. The van der Waals surface area contributed by atoms with Crippen LogP contribution in [0.1, 0.15) is 29.9 Å². The Labute approximate surface area is 224 Å². The number of anilines is 2. The van der Waals surface area contributed by atoms with Crippen molar-refractivity contribution in [1.29, 1.82) is 0 Å². The van der Waals surface area contributed by atoms with Crippen LogP contribution < -0.4 is 10.6 Å². The Morgan fingerprint density at radius 3 is 2.46 bits per heavy atom. The number of halogens is 2. The zero-order valence-corrected chi connectivity index (χ0v) is 21.6. The SMILES string of the molecule is Fc1ccc(NCc2nn3c(C(=S)Nc4ccccc4)c(-c4ccc(Cl)cc4)c4c3n2CCCC4)cc1. The summed E-state index contributed by atoms with van der Waals surface area (Å²) < 4.78 is 17.7. The summed E-state index contributed by atoms with van der Waals surface area (Å²) in [4.78, 5) is 0.612. The standard InChI is InChI=1S/C29H25ClFN5S/c30-20-11-9-19(10-12-20)26-24-8-4-5-17-35-25(18-32-22-15-13-21(31)14-16-22)34-36(29(24)35)27(26)28(37)33-23-6-2-1-3-7-23/h1-3,6-7,9-16,32H,4-5,8,17-18H2,(H,33,37). The maximum Gasteiger partial charge on any atom is 0.150 e. The molecule has 0 amide bonds. The van der Waals surface area contributed by atoms with Crippen LogP contribution in [0.15, 0.2) is 78.9 Å². The molecular formula is C29H25ClFN5S. The maximum atomic E-state index is 13.4. The molecule has 6 rings (SSSR count). The van der Waals surface area contributed by atoms with Gasteiger partial charge in [-0.1, -0.05) is 54.2 Å². The van der Waals surface area contributed by atoms with E-state index in [-0.39, 0.29) is 5.82 Å². The van der Waals surface area contributed by atoms with Gasteiger partial charge in [0.05, 0.1) is 6.54 Å². The fourth-order valence-corrected chi connectivity index (χ4v) is 5.47. The van der Waals surface area contributed by atoms with Gasteiger partial charge in [0.25, 0.3) is 0 Å². The topological polar surface area (TPSA) is 46.3 Å². The summed E-state index contributed by atoms with van der Waals surface area (Å²) >= 11 is 12.2. The van der Waals surface area contributed by atoms with E-state index in [0.717, 1.165) is 65.5 Å². The number of hydrogen-bond acceptors (Lipinski definition) is 3. The van der Waals surface area contributed by atoms with Gasteiger partial charge in [0, 0.05) is 34.1 Å². The highest BCUT2D eigenvalue weighted by atomic mass is 35.5. The second-order valence-corrected chi connectivity index (χ2v) is 9.99. The lowest BCUT2D eigenvalue weighted by atomic mass is 9.98. The number of benzene rings is 3. The first-order valence-electron chi connectivity index (χ1n) is 12.3. The lowest BCUT2D eigenvalue weighted by Gasteiger charge is -2.12. The molecule has 0 aliphatic carbocycles. The molecule has 5 nitrogen and oxygen atoms in total. The van der Waals surface area contributed by atoms with Crippen molar-refractivity contribution in [2.24, 2.45) is 0 Å². The molecule has 2 N–H and O–H groups in total. The minimum Gasteiger partial charge on any atom is -0.378 e. The van der Waals surface area contributed by atoms with E-state index in [4.69, 9.17) is 28.9 Å². The van der Waals surface area contributed by atoms with Crippen LogP contribution in [0.5, 0.6) is 0 Å². The number of para-hydroxylation sites is 1. The van der Waals surface area contributed by atoms with Crippen LogP contribution in [-0.2, 0) is 19.5 Å². The van der Waals surface area contributed by atoms with Gasteiger partial charge in [0.2, 0.25) is 0 Å². The van der Waals surface area contributed by atoms with Gasteiger partial charge in [-0.15, -0.1) is 0 Å². The van der Waals surface area contributed by atoms with Crippen LogP contribution in [0.3, 0.4) is 0 Å². The molecule has 0 saturated carbocycles. The lowest BCUT2D eigenvalue weighted by Crippen LogP contribution is -2.15. The molecule has 5 aromatic rings. The second-order valence-electron chi connectivity index (χ2n) is 9.15. The van der Waals surface area contributed by atoms with Gasteiger partial charge in [-0.3, -0.25) is 0 Å². The molecule has 1 aliphatic heterocycles. The summed E-state index contributed by atoms with van der Waals surface area (Å²) in [6, 6.07) is 24.3. The third-order valence-corrected chi connectivity index (χ3v) is 7.28. The molecule has 0 radical (unpaired) electrons. The average molecular weight is 530 g/mol. The predicted octanol–water partition coefficient (Wildman–Crippen LogP) is 7.33. The third kappa shape index (κ3) is 4.61. The summed E-state index contributed by atoms with van der Waals surface area (Å²) in [7, 11) is 0. The van der Waals surface area contributed by atoms with E-state index in [1.165, 1.54) is 17.7 Å². The van der Waals surface area contributed by atoms with Gasteiger partial charge in [0.15, 0.2) is 5.82 Å². The molecule has 0 unspecified atom stereocenters. The predicted molar refractivity (Wildman–Crippen MR) is 152 cm³/mol. The summed E-state index contributed by atoms with van der Waals surface area (Å²) in [5.41, 5.74) is 7.13. The van der Waals surface area contributed by atoms with Gasteiger partial charge in [-0.25, -0.2) is 8.91 Å². The monoisotopic (exact) mass is 529 g/mol.